The first-order valence-corrected chi connectivity index (χ1v) is 7.78. The van der Waals surface area contributed by atoms with Gasteiger partial charge in [0.25, 0.3) is 0 Å². The van der Waals surface area contributed by atoms with E-state index in [0.717, 1.165) is 11.1 Å². The molecule has 1 aromatic heterocycles. The molecule has 0 bridgehead atoms. The molecule has 0 atom stereocenters. The summed E-state index contributed by atoms with van der Waals surface area (Å²) in [6.07, 6.45) is 4.00. The number of hydrogen-bond acceptors (Lipinski definition) is 4. The van der Waals surface area contributed by atoms with Gasteiger partial charge in [0, 0.05) is 25.5 Å². The lowest BCUT2D eigenvalue weighted by Crippen LogP contribution is -2.26. The quantitative estimate of drug-likeness (QED) is 0.833. The molecule has 1 heterocycles. The molecule has 0 radical (unpaired) electrons. The van der Waals surface area contributed by atoms with E-state index < -0.39 is 10.0 Å². The zero-order valence-electron chi connectivity index (χ0n) is 11.0. The molecule has 0 saturated heterocycles. The number of aromatic nitrogens is 1. The molecule has 0 spiro atoms. The summed E-state index contributed by atoms with van der Waals surface area (Å²) in [5, 5.41) is 0. The van der Waals surface area contributed by atoms with Gasteiger partial charge in [0.05, 0.1) is 4.90 Å². The van der Waals surface area contributed by atoms with Crippen LogP contribution in [0.15, 0.2) is 53.7 Å². The molecule has 2 aromatic rings. The van der Waals surface area contributed by atoms with Crippen LogP contribution in [-0.2, 0) is 23.0 Å². The van der Waals surface area contributed by atoms with Crippen molar-refractivity contribution in [3.05, 3.63) is 59.9 Å². The number of benzene rings is 1. The van der Waals surface area contributed by atoms with Crippen LogP contribution in [0.2, 0.25) is 0 Å². The fourth-order valence-corrected chi connectivity index (χ4v) is 2.90. The number of nitrogens with zero attached hydrogens (tertiary/aromatic N) is 1. The van der Waals surface area contributed by atoms with Crippen LogP contribution in [0.5, 0.6) is 0 Å². The molecule has 0 aliphatic rings. The third-order valence-corrected chi connectivity index (χ3v) is 4.36. The van der Waals surface area contributed by atoms with Crippen LogP contribution in [0.4, 0.5) is 0 Å². The van der Waals surface area contributed by atoms with Gasteiger partial charge in [-0.2, -0.15) is 0 Å². The van der Waals surface area contributed by atoms with Gasteiger partial charge in [-0.05, 0) is 41.8 Å². The van der Waals surface area contributed by atoms with Gasteiger partial charge in [-0.1, -0.05) is 12.1 Å². The molecule has 20 heavy (non-hydrogen) atoms. The first-order valence-electron chi connectivity index (χ1n) is 6.29. The first kappa shape index (κ1) is 14.6. The van der Waals surface area contributed by atoms with Gasteiger partial charge in [0.15, 0.2) is 0 Å². The minimum Gasteiger partial charge on any atom is -0.326 e. The van der Waals surface area contributed by atoms with E-state index >= 15 is 0 Å². The van der Waals surface area contributed by atoms with Gasteiger partial charge in [-0.3, -0.25) is 4.98 Å². The van der Waals surface area contributed by atoms with E-state index in [-0.39, 0.29) is 4.90 Å². The summed E-state index contributed by atoms with van der Waals surface area (Å²) in [5.74, 6) is 0. The molecule has 2 rings (SSSR count). The van der Waals surface area contributed by atoms with Crippen molar-refractivity contribution < 1.29 is 8.42 Å². The Hall–Kier alpha value is -1.76. The maximum atomic E-state index is 12.1. The van der Waals surface area contributed by atoms with Crippen molar-refractivity contribution in [3.63, 3.8) is 0 Å². The van der Waals surface area contributed by atoms with Crippen LogP contribution in [0.3, 0.4) is 0 Å². The van der Waals surface area contributed by atoms with E-state index in [4.69, 9.17) is 5.73 Å². The van der Waals surface area contributed by atoms with Gasteiger partial charge in [0.2, 0.25) is 10.0 Å². The Balaban J connectivity index is 2.00. The molecule has 0 unspecified atom stereocenters. The average Bonchev–Trinajstić information content (AvgIpc) is 2.48. The highest BCUT2D eigenvalue weighted by Crippen LogP contribution is 2.11. The number of hydrogen-bond donors (Lipinski definition) is 2. The lowest BCUT2D eigenvalue weighted by Gasteiger charge is -2.08. The van der Waals surface area contributed by atoms with E-state index in [9.17, 15) is 8.42 Å². The van der Waals surface area contributed by atoms with Gasteiger partial charge in [-0.25, -0.2) is 13.1 Å². The van der Waals surface area contributed by atoms with Crippen LogP contribution in [0, 0.1) is 0 Å². The SMILES string of the molecule is NCc1cccc(S(=O)(=O)NCCc2ccncc2)c1. The summed E-state index contributed by atoms with van der Waals surface area (Å²) in [7, 11) is -3.48. The van der Waals surface area contributed by atoms with Crippen molar-refractivity contribution in [3.8, 4) is 0 Å². The monoisotopic (exact) mass is 291 g/mol. The number of nitrogens with two attached hydrogens (primary N) is 1. The van der Waals surface area contributed by atoms with Crippen LogP contribution in [0.25, 0.3) is 0 Å². The molecule has 0 aliphatic carbocycles. The van der Waals surface area contributed by atoms with Crippen LogP contribution in [-0.4, -0.2) is 19.9 Å². The first-order chi connectivity index (χ1) is 9.62. The number of sulfonamides is 1. The van der Waals surface area contributed by atoms with Gasteiger partial charge < -0.3 is 5.73 Å². The molecular formula is C14H17N3O2S. The van der Waals surface area contributed by atoms with Crippen LogP contribution < -0.4 is 10.5 Å². The Kier molecular flexibility index (Phi) is 4.84. The second-order valence-corrected chi connectivity index (χ2v) is 6.12. The minimum atomic E-state index is -3.48. The second kappa shape index (κ2) is 6.60. The lowest BCUT2D eigenvalue weighted by atomic mass is 10.2. The molecule has 0 amide bonds. The highest BCUT2D eigenvalue weighted by molar-refractivity contribution is 7.89. The Morgan fingerprint density at radius 2 is 1.85 bits per heavy atom. The normalized spacial score (nSPS) is 11.4. The van der Waals surface area contributed by atoms with Crippen LogP contribution >= 0.6 is 0 Å². The van der Waals surface area contributed by atoms with E-state index in [1.165, 1.54) is 0 Å². The molecular weight excluding hydrogens is 274 g/mol. The molecule has 0 fully saturated rings. The highest BCUT2D eigenvalue weighted by atomic mass is 32.2. The molecule has 0 saturated carbocycles. The van der Waals surface area contributed by atoms with E-state index in [2.05, 4.69) is 9.71 Å². The largest absolute Gasteiger partial charge is 0.326 e. The highest BCUT2D eigenvalue weighted by Gasteiger charge is 2.13. The van der Waals surface area contributed by atoms with Gasteiger partial charge >= 0.3 is 0 Å². The van der Waals surface area contributed by atoms with E-state index in [1.807, 2.05) is 12.1 Å². The Labute approximate surface area is 118 Å². The van der Waals surface area contributed by atoms with Crippen molar-refractivity contribution in [2.45, 2.75) is 17.9 Å². The predicted molar refractivity (Wildman–Crippen MR) is 77.5 cm³/mol. The summed E-state index contributed by atoms with van der Waals surface area (Å²) >= 11 is 0. The zero-order chi connectivity index (χ0) is 14.4. The number of nitrogens with one attached hydrogen (secondary N) is 1. The molecule has 3 N–H and O–H groups in total. The van der Waals surface area contributed by atoms with Crippen molar-refractivity contribution >= 4 is 10.0 Å². The molecule has 1 aromatic carbocycles. The Bertz CT molecular complexity index is 657. The third-order valence-electron chi connectivity index (χ3n) is 2.90. The van der Waals surface area contributed by atoms with E-state index in [1.54, 1.807) is 36.7 Å². The molecule has 5 nitrogen and oxygen atoms in total. The maximum Gasteiger partial charge on any atom is 0.240 e. The van der Waals surface area contributed by atoms with Gasteiger partial charge in [0.1, 0.15) is 0 Å². The lowest BCUT2D eigenvalue weighted by molar-refractivity contribution is 0.581. The maximum absolute atomic E-state index is 12.1. The summed E-state index contributed by atoms with van der Waals surface area (Å²) in [6, 6.07) is 10.4. The molecule has 6 heteroatoms. The fourth-order valence-electron chi connectivity index (χ4n) is 1.80. The average molecular weight is 291 g/mol. The minimum absolute atomic E-state index is 0.246. The summed E-state index contributed by atoms with van der Waals surface area (Å²) in [4.78, 5) is 4.16. The smallest absolute Gasteiger partial charge is 0.240 e. The topological polar surface area (TPSA) is 85.1 Å². The summed E-state index contributed by atoms with van der Waals surface area (Å²) in [5.41, 5.74) is 7.35. The summed E-state index contributed by atoms with van der Waals surface area (Å²) in [6.45, 7) is 0.666. The number of rotatable bonds is 6. The second-order valence-electron chi connectivity index (χ2n) is 4.35. The standard InChI is InChI=1S/C14H17N3O2S/c15-11-13-2-1-3-14(10-13)20(18,19)17-9-6-12-4-7-16-8-5-12/h1-5,7-8,10,17H,6,9,11,15H2. The van der Waals surface area contributed by atoms with Crippen molar-refractivity contribution in [1.29, 1.82) is 0 Å². The third kappa shape index (κ3) is 3.86. The Morgan fingerprint density at radius 3 is 2.55 bits per heavy atom. The Morgan fingerprint density at radius 1 is 1.10 bits per heavy atom. The van der Waals surface area contributed by atoms with Crippen molar-refractivity contribution in [2.75, 3.05) is 6.54 Å². The van der Waals surface area contributed by atoms with E-state index in [0.29, 0.717) is 19.5 Å². The number of pyridine rings is 1. The fraction of sp³-hybridized carbons (Fsp3) is 0.214. The van der Waals surface area contributed by atoms with Crippen LogP contribution in [0.1, 0.15) is 11.1 Å². The predicted octanol–water partition coefficient (Wildman–Crippen LogP) is 1.06. The molecule has 106 valence electrons. The van der Waals surface area contributed by atoms with Crippen molar-refractivity contribution in [2.24, 2.45) is 5.73 Å². The summed E-state index contributed by atoms with van der Waals surface area (Å²) < 4.78 is 26.8. The molecule has 0 aliphatic heterocycles. The zero-order valence-corrected chi connectivity index (χ0v) is 11.8. The van der Waals surface area contributed by atoms with Gasteiger partial charge in [-0.15, -0.1) is 0 Å². The van der Waals surface area contributed by atoms with Crippen molar-refractivity contribution in [1.82, 2.24) is 9.71 Å².